The SMILES string of the molecule is CC(CCN)C(=O)NCc1ccccc1CC(=O)O. The summed E-state index contributed by atoms with van der Waals surface area (Å²) in [5.41, 5.74) is 6.96. The maximum Gasteiger partial charge on any atom is 0.307 e. The van der Waals surface area contributed by atoms with Crippen molar-refractivity contribution in [3.8, 4) is 0 Å². The number of hydrogen-bond acceptors (Lipinski definition) is 3. The van der Waals surface area contributed by atoms with Crippen LogP contribution in [0.3, 0.4) is 0 Å². The van der Waals surface area contributed by atoms with Gasteiger partial charge in [0.2, 0.25) is 5.91 Å². The number of nitrogens with two attached hydrogens (primary N) is 1. The second-order valence-corrected chi connectivity index (χ2v) is 4.54. The molecule has 1 unspecified atom stereocenters. The third kappa shape index (κ3) is 5.09. The van der Waals surface area contributed by atoms with Crippen molar-refractivity contribution in [2.45, 2.75) is 26.3 Å². The van der Waals surface area contributed by atoms with Gasteiger partial charge in [0.25, 0.3) is 0 Å². The van der Waals surface area contributed by atoms with E-state index >= 15 is 0 Å². The first-order chi connectivity index (χ1) is 9.04. The fraction of sp³-hybridized carbons (Fsp3) is 0.429. The fourth-order valence-electron chi connectivity index (χ4n) is 1.80. The molecule has 0 saturated heterocycles. The molecule has 104 valence electrons. The third-order valence-electron chi connectivity index (χ3n) is 2.96. The molecule has 0 fully saturated rings. The molecule has 5 heteroatoms. The molecule has 1 rings (SSSR count). The Labute approximate surface area is 112 Å². The van der Waals surface area contributed by atoms with Crippen LogP contribution in [-0.4, -0.2) is 23.5 Å². The summed E-state index contributed by atoms with van der Waals surface area (Å²) in [6.45, 7) is 2.65. The van der Waals surface area contributed by atoms with E-state index in [9.17, 15) is 9.59 Å². The number of rotatable bonds is 7. The summed E-state index contributed by atoms with van der Waals surface area (Å²) in [6, 6.07) is 7.21. The molecular weight excluding hydrogens is 244 g/mol. The normalized spacial score (nSPS) is 11.9. The highest BCUT2D eigenvalue weighted by molar-refractivity contribution is 5.78. The number of carbonyl (C=O) groups is 2. The minimum atomic E-state index is -0.879. The van der Waals surface area contributed by atoms with Gasteiger partial charge in [0.15, 0.2) is 0 Å². The Balaban J connectivity index is 2.62. The van der Waals surface area contributed by atoms with Gasteiger partial charge < -0.3 is 16.2 Å². The van der Waals surface area contributed by atoms with Crippen molar-refractivity contribution in [1.29, 1.82) is 0 Å². The van der Waals surface area contributed by atoms with Gasteiger partial charge in [0.1, 0.15) is 0 Å². The van der Waals surface area contributed by atoms with Gasteiger partial charge >= 0.3 is 5.97 Å². The lowest BCUT2D eigenvalue weighted by atomic mass is 10.0. The first kappa shape index (κ1) is 15.2. The number of aliphatic carboxylic acids is 1. The van der Waals surface area contributed by atoms with Crippen molar-refractivity contribution in [2.75, 3.05) is 6.54 Å². The van der Waals surface area contributed by atoms with Crippen LogP contribution < -0.4 is 11.1 Å². The minimum absolute atomic E-state index is 0.0373. The molecule has 0 aromatic heterocycles. The molecule has 1 atom stereocenters. The molecule has 4 N–H and O–H groups in total. The minimum Gasteiger partial charge on any atom is -0.481 e. The fourth-order valence-corrected chi connectivity index (χ4v) is 1.80. The van der Waals surface area contributed by atoms with E-state index in [1.807, 2.05) is 19.1 Å². The van der Waals surface area contributed by atoms with Crippen LogP contribution in [0.1, 0.15) is 24.5 Å². The van der Waals surface area contributed by atoms with Crippen molar-refractivity contribution in [1.82, 2.24) is 5.32 Å². The molecule has 0 radical (unpaired) electrons. The van der Waals surface area contributed by atoms with Crippen molar-refractivity contribution < 1.29 is 14.7 Å². The lowest BCUT2D eigenvalue weighted by molar-refractivity contribution is -0.136. The van der Waals surface area contributed by atoms with Crippen LogP contribution in [0.5, 0.6) is 0 Å². The predicted molar refractivity (Wildman–Crippen MR) is 72.5 cm³/mol. The summed E-state index contributed by atoms with van der Waals surface area (Å²) in [5, 5.41) is 11.6. The van der Waals surface area contributed by atoms with Gasteiger partial charge in [0, 0.05) is 12.5 Å². The summed E-state index contributed by atoms with van der Waals surface area (Å²) in [7, 11) is 0. The van der Waals surface area contributed by atoms with Gasteiger partial charge in [-0.1, -0.05) is 31.2 Å². The molecule has 19 heavy (non-hydrogen) atoms. The Morgan fingerprint density at radius 3 is 2.53 bits per heavy atom. The van der Waals surface area contributed by atoms with Gasteiger partial charge in [-0.05, 0) is 24.1 Å². The van der Waals surface area contributed by atoms with Crippen molar-refractivity contribution in [3.63, 3.8) is 0 Å². The Morgan fingerprint density at radius 2 is 1.95 bits per heavy atom. The van der Waals surface area contributed by atoms with E-state index in [0.717, 1.165) is 11.1 Å². The molecule has 5 nitrogen and oxygen atoms in total. The largest absolute Gasteiger partial charge is 0.481 e. The summed E-state index contributed by atoms with van der Waals surface area (Å²) < 4.78 is 0. The first-order valence-corrected chi connectivity index (χ1v) is 6.31. The van der Waals surface area contributed by atoms with Gasteiger partial charge in [-0.3, -0.25) is 9.59 Å². The first-order valence-electron chi connectivity index (χ1n) is 6.31. The van der Waals surface area contributed by atoms with Crippen LogP contribution >= 0.6 is 0 Å². The van der Waals surface area contributed by atoms with Gasteiger partial charge in [0.05, 0.1) is 6.42 Å². The molecule has 1 aromatic rings. The topological polar surface area (TPSA) is 92.4 Å². The molecule has 0 bridgehead atoms. The second-order valence-electron chi connectivity index (χ2n) is 4.54. The number of hydrogen-bond donors (Lipinski definition) is 3. The standard InChI is InChI=1S/C14H20N2O3/c1-10(6-7-15)14(19)16-9-12-5-3-2-4-11(12)8-13(17)18/h2-5,10H,6-9,15H2,1H3,(H,16,19)(H,17,18). The van der Waals surface area contributed by atoms with Crippen LogP contribution in [0.2, 0.25) is 0 Å². The van der Waals surface area contributed by atoms with E-state index in [1.165, 1.54) is 0 Å². The predicted octanol–water partition coefficient (Wildman–Crippen LogP) is 0.915. The number of benzene rings is 1. The van der Waals surface area contributed by atoms with Crippen molar-refractivity contribution in [2.24, 2.45) is 11.7 Å². The summed E-state index contributed by atoms with van der Waals surface area (Å²) in [4.78, 5) is 22.5. The van der Waals surface area contributed by atoms with E-state index < -0.39 is 5.97 Å². The maximum atomic E-state index is 11.8. The summed E-state index contributed by atoms with van der Waals surface area (Å²) >= 11 is 0. The molecule has 0 saturated carbocycles. The molecule has 0 aliphatic rings. The average Bonchev–Trinajstić information content (AvgIpc) is 2.37. The van der Waals surface area contributed by atoms with Gasteiger partial charge in [-0.2, -0.15) is 0 Å². The zero-order valence-corrected chi connectivity index (χ0v) is 11.1. The highest BCUT2D eigenvalue weighted by Gasteiger charge is 2.12. The lowest BCUT2D eigenvalue weighted by Gasteiger charge is -2.13. The quantitative estimate of drug-likeness (QED) is 0.682. The van der Waals surface area contributed by atoms with E-state index in [-0.39, 0.29) is 18.2 Å². The van der Waals surface area contributed by atoms with Crippen LogP contribution in [0.25, 0.3) is 0 Å². The molecule has 0 aliphatic heterocycles. The average molecular weight is 264 g/mol. The number of nitrogens with one attached hydrogen (secondary N) is 1. The van der Waals surface area contributed by atoms with E-state index in [4.69, 9.17) is 10.8 Å². The van der Waals surface area contributed by atoms with E-state index in [1.54, 1.807) is 12.1 Å². The number of carboxylic acid groups (broad SMARTS) is 1. The van der Waals surface area contributed by atoms with Crippen LogP contribution in [0, 0.1) is 5.92 Å². The zero-order chi connectivity index (χ0) is 14.3. The van der Waals surface area contributed by atoms with Gasteiger partial charge in [-0.15, -0.1) is 0 Å². The van der Waals surface area contributed by atoms with E-state index in [2.05, 4.69) is 5.32 Å². The van der Waals surface area contributed by atoms with Crippen LogP contribution in [0.4, 0.5) is 0 Å². The van der Waals surface area contributed by atoms with Crippen LogP contribution in [-0.2, 0) is 22.6 Å². The molecular formula is C14H20N2O3. The Bertz CT molecular complexity index is 446. The highest BCUT2D eigenvalue weighted by Crippen LogP contribution is 2.10. The highest BCUT2D eigenvalue weighted by atomic mass is 16.4. The van der Waals surface area contributed by atoms with Gasteiger partial charge in [-0.25, -0.2) is 0 Å². The Kier molecular flexibility index (Phi) is 6.02. The second kappa shape index (κ2) is 7.53. The Morgan fingerprint density at radius 1 is 1.32 bits per heavy atom. The molecule has 0 aliphatic carbocycles. The maximum absolute atomic E-state index is 11.8. The summed E-state index contributed by atoms with van der Waals surface area (Å²) in [6.07, 6.45) is 0.604. The molecule has 0 heterocycles. The summed E-state index contributed by atoms with van der Waals surface area (Å²) in [5.74, 6) is -1.07. The lowest BCUT2D eigenvalue weighted by Crippen LogP contribution is -2.30. The van der Waals surface area contributed by atoms with Crippen molar-refractivity contribution >= 4 is 11.9 Å². The smallest absolute Gasteiger partial charge is 0.307 e. The number of amides is 1. The number of carboxylic acids is 1. The molecule has 1 amide bonds. The van der Waals surface area contributed by atoms with Crippen molar-refractivity contribution in [3.05, 3.63) is 35.4 Å². The monoisotopic (exact) mass is 264 g/mol. The zero-order valence-electron chi connectivity index (χ0n) is 11.1. The van der Waals surface area contributed by atoms with E-state index in [0.29, 0.717) is 19.5 Å². The Hall–Kier alpha value is -1.88. The van der Waals surface area contributed by atoms with Crippen LogP contribution in [0.15, 0.2) is 24.3 Å². The third-order valence-corrected chi connectivity index (χ3v) is 2.96. The molecule has 1 aromatic carbocycles. The number of carbonyl (C=O) groups excluding carboxylic acids is 1. The molecule has 0 spiro atoms.